The second-order valence-electron chi connectivity index (χ2n) is 3.68. The molecule has 0 fully saturated rings. The summed E-state index contributed by atoms with van der Waals surface area (Å²) in [6.45, 7) is 2.59. The van der Waals surface area contributed by atoms with Crippen LogP contribution in [0.5, 0.6) is 5.75 Å². The van der Waals surface area contributed by atoms with Gasteiger partial charge in [0.1, 0.15) is 5.75 Å². The van der Waals surface area contributed by atoms with Crippen LogP contribution in [0.25, 0.3) is 6.08 Å². The lowest BCUT2D eigenvalue weighted by Crippen LogP contribution is -1.91. The number of allylic oxidation sites excluding steroid dienone is 1. The van der Waals surface area contributed by atoms with Crippen molar-refractivity contribution in [1.82, 2.24) is 0 Å². The summed E-state index contributed by atoms with van der Waals surface area (Å²) in [4.78, 5) is 11.6. The summed E-state index contributed by atoms with van der Waals surface area (Å²) >= 11 is 0. The Labute approximate surface area is 106 Å². The Kier molecular flexibility index (Phi) is 3.97. The third-order valence-corrected chi connectivity index (χ3v) is 2.38. The molecule has 18 heavy (non-hydrogen) atoms. The first-order valence-electron chi connectivity index (χ1n) is 5.78. The Morgan fingerprint density at radius 3 is 2.67 bits per heavy atom. The van der Waals surface area contributed by atoms with E-state index in [0.717, 1.165) is 11.3 Å². The average molecular weight is 242 g/mol. The fourth-order valence-corrected chi connectivity index (χ4v) is 1.51. The van der Waals surface area contributed by atoms with Crippen LogP contribution >= 0.6 is 0 Å². The maximum atomic E-state index is 11.6. The molecule has 1 aromatic heterocycles. The second-order valence-corrected chi connectivity index (χ2v) is 3.68. The number of hydrogen-bond acceptors (Lipinski definition) is 3. The summed E-state index contributed by atoms with van der Waals surface area (Å²) < 4.78 is 10.4. The molecule has 0 atom stereocenters. The summed E-state index contributed by atoms with van der Waals surface area (Å²) in [6.07, 6.45) is 4.73. The zero-order valence-electron chi connectivity index (χ0n) is 10.1. The van der Waals surface area contributed by atoms with E-state index in [1.807, 2.05) is 31.2 Å². The number of rotatable bonds is 5. The van der Waals surface area contributed by atoms with Gasteiger partial charge in [-0.2, -0.15) is 0 Å². The first kappa shape index (κ1) is 12.2. The van der Waals surface area contributed by atoms with Crippen molar-refractivity contribution in [2.75, 3.05) is 6.61 Å². The van der Waals surface area contributed by atoms with Crippen LogP contribution in [0.3, 0.4) is 0 Å². The van der Waals surface area contributed by atoms with Crippen LogP contribution in [0.4, 0.5) is 0 Å². The van der Waals surface area contributed by atoms with Crippen LogP contribution in [0.15, 0.2) is 53.2 Å². The Bertz CT molecular complexity index is 521. The number of ether oxygens (including phenoxy) is 1. The molecule has 0 unspecified atom stereocenters. The van der Waals surface area contributed by atoms with Gasteiger partial charge in [-0.15, -0.1) is 0 Å². The van der Waals surface area contributed by atoms with Crippen molar-refractivity contribution in [2.24, 2.45) is 0 Å². The molecule has 3 nitrogen and oxygen atoms in total. The highest BCUT2D eigenvalue weighted by molar-refractivity contribution is 6.04. The Hall–Kier alpha value is -2.29. The normalized spacial score (nSPS) is 10.7. The molecule has 0 radical (unpaired) electrons. The summed E-state index contributed by atoms with van der Waals surface area (Å²) in [7, 11) is 0. The van der Waals surface area contributed by atoms with E-state index >= 15 is 0 Å². The monoisotopic (exact) mass is 242 g/mol. The zero-order valence-corrected chi connectivity index (χ0v) is 10.1. The minimum absolute atomic E-state index is 0.145. The maximum Gasteiger partial charge on any atom is 0.221 e. The quantitative estimate of drug-likeness (QED) is 0.594. The van der Waals surface area contributed by atoms with Crippen LogP contribution in [0, 0.1) is 0 Å². The molecule has 0 spiro atoms. The van der Waals surface area contributed by atoms with Gasteiger partial charge in [-0.25, -0.2) is 0 Å². The molecule has 1 aromatic carbocycles. The zero-order chi connectivity index (χ0) is 12.8. The molecule has 0 saturated carbocycles. The molecule has 92 valence electrons. The van der Waals surface area contributed by atoms with Gasteiger partial charge in [0.25, 0.3) is 0 Å². The Balaban J connectivity index is 2.02. The highest BCUT2D eigenvalue weighted by Crippen LogP contribution is 2.13. The molecular weight excluding hydrogens is 228 g/mol. The molecule has 2 rings (SSSR count). The fourth-order valence-electron chi connectivity index (χ4n) is 1.51. The van der Waals surface area contributed by atoms with E-state index in [-0.39, 0.29) is 5.78 Å². The second kappa shape index (κ2) is 5.87. The van der Waals surface area contributed by atoms with Gasteiger partial charge in [-0.05, 0) is 42.8 Å². The van der Waals surface area contributed by atoms with Gasteiger partial charge in [0, 0.05) is 0 Å². The number of furan rings is 1. The number of carbonyl (C=O) groups excluding carboxylic acids is 1. The van der Waals surface area contributed by atoms with Crippen molar-refractivity contribution >= 4 is 11.9 Å². The van der Waals surface area contributed by atoms with Gasteiger partial charge in [0.05, 0.1) is 12.9 Å². The van der Waals surface area contributed by atoms with Gasteiger partial charge in [-0.3, -0.25) is 4.79 Å². The lowest BCUT2D eigenvalue weighted by molar-refractivity contribution is 0.102. The molecule has 0 aliphatic carbocycles. The van der Waals surface area contributed by atoms with E-state index < -0.39 is 0 Å². The third kappa shape index (κ3) is 3.10. The topological polar surface area (TPSA) is 39.4 Å². The van der Waals surface area contributed by atoms with Crippen molar-refractivity contribution < 1.29 is 13.9 Å². The van der Waals surface area contributed by atoms with Crippen molar-refractivity contribution in [1.29, 1.82) is 0 Å². The lowest BCUT2D eigenvalue weighted by Gasteiger charge is -2.01. The van der Waals surface area contributed by atoms with Gasteiger partial charge in [-0.1, -0.05) is 18.2 Å². The number of benzene rings is 1. The van der Waals surface area contributed by atoms with E-state index in [4.69, 9.17) is 9.15 Å². The first-order chi connectivity index (χ1) is 8.79. The van der Waals surface area contributed by atoms with Crippen molar-refractivity contribution in [2.45, 2.75) is 6.92 Å². The predicted octanol–water partition coefficient (Wildman–Crippen LogP) is 3.57. The highest BCUT2D eigenvalue weighted by Gasteiger charge is 2.03. The van der Waals surface area contributed by atoms with Gasteiger partial charge in [0.15, 0.2) is 5.76 Å². The molecule has 0 N–H and O–H groups in total. The molecule has 0 aliphatic heterocycles. The van der Waals surface area contributed by atoms with Crippen molar-refractivity contribution in [3.05, 3.63) is 60.1 Å². The molecular formula is C15H14O3. The van der Waals surface area contributed by atoms with Crippen LogP contribution in [-0.2, 0) is 0 Å². The van der Waals surface area contributed by atoms with E-state index in [9.17, 15) is 4.79 Å². The summed E-state index contributed by atoms with van der Waals surface area (Å²) in [5.74, 6) is 1.03. The minimum Gasteiger partial charge on any atom is -0.494 e. The average Bonchev–Trinajstić information content (AvgIpc) is 2.92. The molecule has 3 heteroatoms. The summed E-state index contributed by atoms with van der Waals surface area (Å²) in [6, 6.07) is 10.9. The Morgan fingerprint density at radius 2 is 2.06 bits per heavy atom. The summed E-state index contributed by atoms with van der Waals surface area (Å²) in [5, 5.41) is 0. The van der Waals surface area contributed by atoms with Gasteiger partial charge >= 0.3 is 0 Å². The SMILES string of the molecule is CCOc1ccc(/C=C/C(=O)c2ccco2)cc1. The maximum absolute atomic E-state index is 11.6. The van der Waals surface area contributed by atoms with E-state index in [0.29, 0.717) is 12.4 Å². The molecule has 0 amide bonds. The van der Waals surface area contributed by atoms with Crippen LogP contribution in [0.1, 0.15) is 23.0 Å². The molecule has 0 aliphatic rings. The highest BCUT2D eigenvalue weighted by atomic mass is 16.5. The number of ketones is 1. The fraction of sp³-hybridized carbons (Fsp3) is 0.133. The largest absolute Gasteiger partial charge is 0.494 e. The third-order valence-electron chi connectivity index (χ3n) is 2.38. The lowest BCUT2D eigenvalue weighted by atomic mass is 10.2. The van der Waals surface area contributed by atoms with Crippen LogP contribution < -0.4 is 4.74 Å². The van der Waals surface area contributed by atoms with Crippen molar-refractivity contribution in [3.63, 3.8) is 0 Å². The van der Waals surface area contributed by atoms with E-state index in [1.165, 1.54) is 12.3 Å². The minimum atomic E-state index is -0.145. The van der Waals surface area contributed by atoms with E-state index in [2.05, 4.69) is 0 Å². The number of hydrogen-bond donors (Lipinski definition) is 0. The standard InChI is InChI=1S/C15H14O3/c1-2-17-13-8-5-12(6-9-13)7-10-14(16)15-4-3-11-18-15/h3-11H,2H2,1H3/b10-7+. The molecule has 0 saturated heterocycles. The van der Waals surface area contributed by atoms with Gasteiger partial charge in [0.2, 0.25) is 5.78 Å². The number of carbonyl (C=O) groups is 1. The molecule has 2 aromatic rings. The van der Waals surface area contributed by atoms with Crippen LogP contribution in [0.2, 0.25) is 0 Å². The predicted molar refractivity (Wildman–Crippen MR) is 69.7 cm³/mol. The first-order valence-corrected chi connectivity index (χ1v) is 5.78. The van der Waals surface area contributed by atoms with Crippen molar-refractivity contribution in [3.8, 4) is 5.75 Å². The molecule has 0 bridgehead atoms. The van der Waals surface area contributed by atoms with E-state index in [1.54, 1.807) is 18.2 Å². The van der Waals surface area contributed by atoms with Gasteiger partial charge < -0.3 is 9.15 Å². The van der Waals surface area contributed by atoms with Crippen LogP contribution in [-0.4, -0.2) is 12.4 Å². The smallest absolute Gasteiger partial charge is 0.221 e. The summed E-state index contributed by atoms with van der Waals surface area (Å²) in [5.41, 5.74) is 0.943. The Morgan fingerprint density at radius 1 is 1.28 bits per heavy atom. The molecule has 1 heterocycles.